The summed E-state index contributed by atoms with van der Waals surface area (Å²) in [4.78, 5) is 17.3. The van der Waals surface area contributed by atoms with Crippen molar-refractivity contribution in [3.8, 4) is 0 Å². The molecule has 5 nitrogen and oxygen atoms in total. The molecule has 1 aliphatic heterocycles. The summed E-state index contributed by atoms with van der Waals surface area (Å²) in [7, 11) is 0. The molecular formula is C12H15ClN2O3. The van der Waals surface area contributed by atoms with Crippen LogP contribution in [0.2, 0.25) is 5.02 Å². The van der Waals surface area contributed by atoms with E-state index in [0.717, 1.165) is 0 Å². The Balaban J connectivity index is 2.38. The van der Waals surface area contributed by atoms with Gasteiger partial charge in [0.15, 0.2) is 0 Å². The van der Waals surface area contributed by atoms with Crippen LogP contribution in [0, 0.1) is 0 Å². The van der Waals surface area contributed by atoms with E-state index in [1.807, 2.05) is 18.7 Å². The van der Waals surface area contributed by atoms with Gasteiger partial charge in [-0.1, -0.05) is 11.6 Å². The molecule has 0 bridgehead atoms. The van der Waals surface area contributed by atoms with E-state index in [-0.39, 0.29) is 16.1 Å². The van der Waals surface area contributed by atoms with Crippen LogP contribution in [0.5, 0.6) is 0 Å². The summed E-state index contributed by atoms with van der Waals surface area (Å²) < 4.78 is 5.43. The summed E-state index contributed by atoms with van der Waals surface area (Å²) in [6, 6.07) is 1.51. The monoisotopic (exact) mass is 270 g/mol. The van der Waals surface area contributed by atoms with Gasteiger partial charge in [-0.15, -0.1) is 0 Å². The first-order chi connectivity index (χ1) is 8.42. The standard InChI is InChI=1S/C12H15ClN2O3/c1-12(2)7-18-4-3-15(12)10-5-8(11(16)17)9(13)6-14-10/h5-6H,3-4,7H2,1-2H3,(H,16,17). The molecule has 1 fully saturated rings. The number of ether oxygens (including phenoxy) is 1. The Labute approximate surface area is 110 Å². The lowest BCUT2D eigenvalue weighted by Gasteiger charge is -2.43. The molecule has 0 radical (unpaired) electrons. The zero-order valence-electron chi connectivity index (χ0n) is 10.3. The molecule has 0 atom stereocenters. The predicted molar refractivity (Wildman–Crippen MR) is 68.5 cm³/mol. The van der Waals surface area contributed by atoms with Gasteiger partial charge in [0, 0.05) is 12.7 Å². The van der Waals surface area contributed by atoms with Crippen molar-refractivity contribution in [3.05, 3.63) is 22.8 Å². The minimum Gasteiger partial charge on any atom is -0.478 e. The van der Waals surface area contributed by atoms with Crippen LogP contribution in [0.25, 0.3) is 0 Å². The Morgan fingerprint density at radius 1 is 1.61 bits per heavy atom. The fourth-order valence-corrected chi connectivity index (χ4v) is 2.21. The average Bonchev–Trinajstić information content (AvgIpc) is 2.29. The third kappa shape index (κ3) is 2.42. The number of rotatable bonds is 2. The lowest BCUT2D eigenvalue weighted by Crippen LogP contribution is -2.53. The molecule has 0 saturated carbocycles. The highest BCUT2D eigenvalue weighted by Crippen LogP contribution is 2.27. The fourth-order valence-electron chi connectivity index (χ4n) is 2.02. The van der Waals surface area contributed by atoms with Gasteiger partial charge < -0.3 is 14.7 Å². The van der Waals surface area contributed by atoms with Crippen LogP contribution in [-0.4, -0.2) is 41.4 Å². The molecule has 98 valence electrons. The summed E-state index contributed by atoms with van der Waals surface area (Å²) >= 11 is 5.81. The van der Waals surface area contributed by atoms with Crippen LogP contribution < -0.4 is 4.90 Å². The molecule has 2 rings (SSSR count). The van der Waals surface area contributed by atoms with Crippen LogP contribution in [0.15, 0.2) is 12.3 Å². The van der Waals surface area contributed by atoms with Crippen molar-refractivity contribution < 1.29 is 14.6 Å². The topological polar surface area (TPSA) is 62.7 Å². The van der Waals surface area contributed by atoms with Crippen molar-refractivity contribution in [1.82, 2.24) is 4.98 Å². The van der Waals surface area contributed by atoms with E-state index in [1.165, 1.54) is 12.3 Å². The normalized spacial score (nSPS) is 18.7. The molecule has 1 N–H and O–H groups in total. The fraction of sp³-hybridized carbons (Fsp3) is 0.500. The first-order valence-electron chi connectivity index (χ1n) is 5.66. The minimum absolute atomic E-state index is 0.0731. The van der Waals surface area contributed by atoms with Crippen molar-refractivity contribution >= 4 is 23.4 Å². The second-order valence-electron chi connectivity index (χ2n) is 4.84. The summed E-state index contributed by atoms with van der Waals surface area (Å²) in [5.74, 6) is -0.431. The summed E-state index contributed by atoms with van der Waals surface area (Å²) in [5, 5.41) is 9.21. The van der Waals surface area contributed by atoms with Crippen LogP contribution in [-0.2, 0) is 4.74 Å². The maximum absolute atomic E-state index is 11.1. The van der Waals surface area contributed by atoms with E-state index in [4.69, 9.17) is 21.4 Å². The molecule has 0 aliphatic carbocycles. The number of pyridine rings is 1. The molecule has 0 amide bonds. The molecule has 1 aromatic rings. The van der Waals surface area contributed by atoms with Gasteiger partial charge in [-0.3, -0.25) is 0 Å². The van der Waals surface area contributed by atoms with Gasteiger partial charge in [-0.2, -0.15) is 0 Å². The first kappa shape index (κ1) is 13.1. The number of carboxylic acid groups (broad SMARTS) is 1. The summed E-state index contributed by atoms with van der Waals surface area (Å²) in [5.41, 5.74) is -0.140. The van der Waals surface area contributed by atoms with E-state index in [1.54, 1.807) is 0 Å². The van der Waals surface area contributed by atoms with Crippen LogP contribution in [0.3, 0.4) is 0 Å². The van der Waals surface area contributed by atoms with Crippen molar-refractivity contribution in [2.45, 2.75) is 19.4 Å². The lowest BCUT2D eigenvalue weighted by atomic mass is 10.0. The molecule has 6 heteroatoms. The SMILES string of the molecule is CC1(C)COCCN1c1cc(C(=O)O)c(Cl)cn1. The number of hydrogen-bond acceptors (Lipinski definition) is 4. The van der Waals surface area contributed by atoms with E-state index in [2.05, 4.69) is 4.98 Å². The van der Waals surface area contributed by atoms with Crippen LogP contribution >= 0.6 is 11.6 Å². The average molecular weight is 271 g/mol. The zero-order valence-corrected chi connectivity index (χ0v) is 11.1. The van der Waals surface area contributed by atoms with Crippen molar-refractivity contribution in [3.63, 3.8) is 0 Å². The highest BCUT2D eigenvalue weighted by atomic mass is 35.5. The van der Waals surface area contributed by atoms with Gasteiger partial charge in [-0.25, -0.2) is 9.78 Å². The van der Waals surface area contributed by atoms with Crippen molar-refractivity contribution in [2.75, 3.05) is 24.7 Å². The summed E-state index contributed by atoms with van der Waals surface area (Å²) in [6.07, 6.45) is 1.38. The largest absolute Gasteiger partial charge is 0.478 e. The maximum Gasteiger partial charge on any atom is 0.337 e. The zero-order chi connectivity index (χ0) is 13.3. The third-order valence-corrected chi connectivity index (χ3v) is 3.29. The quantitative estimate of drug-likeness (QED) is 0.891. The maximum atomic E-state index is 11.1. The Morgan fingerprint density at radius 3 is 2.94 bits per heavy atom. The molecule has 2 heterocycles. The van der Waals surface area contributed by atoms with Crippen LogP contribution in [0.4, 0.5) is 5.82 Å². The number of hydrogen-bond donors (Lipinski definition) is 1. The van der Waals surface area contributed by atoms with Gasteiger partial charge in [0.1, 0.15) is 5.82 Å². The van der Waals surface area contributed by atoms with Crippen molar-refractivity contribution in [2.24, 2.45) is 0 Å². The van der Waals surface area contributed by atoms with Gasteiger partial charge in [0.2, 0.25) is 0 Å². The summed E-state index contributed by atoms with van der Waals surface area (Å²) in [6.45, 7) is 5.93. The number of halogens is 1. The second-order valence-corrected chi connectivity index (χ2v) is 5.25. The molecule has 1 aliphatic rings. The molecule has 0 unspecified atom stereocenters. The number of carbonyl (C=O) groups is 1. The number of aromatic nitrogens is 1. The highest BCUT2D eigenvalue weighted by molar-refractivity contribution is 6.33. The smallest absolute Gasteiger partial charge is 0.337 e. The van der Waals surface area contributed by atoms with Gasteiger partial charge in [0.25, 0.3) is 0 Å². The highest BCUT2D eigenvalue weighted by Gasteiger charge is 2.32. The Bertz CT molecular complexity index is 476. The van der Waals surface area contributed by atoms with E-state index in [9.17, 15) is 4.79 Å². The number of carboxylic acids is 1. The number of nitrogens with zero attached hydrogens (tertiary/aromatic N) is 2. The Kier molecular flexibility index (Phi) is 3.45. The third-order valence-electron chi connectivity index (χ3n) is 2.99. The second kappa shape index (κ2) is 4.74. The van der Waals surface area contributed by atoms with Crippen molar-refractivity contribution in [1.29, 1.82) is 0 Å². The van der Waals surface area contributed by atoms with Gasteiger partial charge in [-0.05, 0) is 19.9 Å². The Morgan fingerprint density at radius 2 is 2.33 bits per heavy atom. The number of aromatic carboxylic acids is 1. The molecular weight excluding hydrogens is 256 g/mol. The minimum atomic E-state index is -1.05. The molecule has 1 aromatic heterocycles. The number of anilines is 1. The van der Waals surface area contributed by atoms with Gasteiger partial charge in [0.05, 0.1) is 29.3 Å². The van der Waals surface area contributed by atoms with E-state index < -0.39 is 5.97 Å². The first-order valence-corrected chi connectivity index (χ1v) is 6.04. The predicted octanol–water partition coefficient (Wildman–Crippen LogP) is 2.05. The number of morpholine rings is 1. The molecule has 18 heavy (non-hydrogen) atoms. The molecule has 1 saturated heterocycles. The molecule has 0 spiro atoms. The van der Waals surface area contributed by atoms with E-state index in [0.29, 0.717) is 25.6 Å². The lowest BCUT2D eigenvalue weighted by molar-refractivity contribution is 0.0638. The Hall–Kier alpha value is -1.33. The van der Waals surface area contributed by atoms with Crippen LogP contribution in [0.1, 0.15) is 24.2 Å². The van der Waals surface area contributed by atoms with E-state index >= 15 is 0 Å². The van der Waals surface area contributed by atoms with Gasteiger partial charge >= 0.3 is 5.97 Å². The molecule has 0 aromatic carbocycles.